The molecule has 1 aromatic carbocycles. The van der Waals surface area contributed by atoms with Crippen molar-refractivity contribution in [2.75, 3.05) is 36.4 Å². The molecule has 1 unspecified atom stereocenters. The number of rotatable bonds is 6. The number of nitrogens with one attached hydrogen (secondary N) is 1. The van der Waals surface area contributed by atoms with Crippen LogP contribution in [0.15, 0.2) is 47.5 Å². The zero-order valence-electron chi connectivity index (χ0n) is 19.2. The maximum Gasteiger partial charge on any atom is 0.255 e. The lowest BCUT2D eigenvalue weighted by Crippen LogP contribution is -2.41. The Kier molecular flexibility index (Phi) is 7.47. The summed E-state index contributed by atoms with van der Waals surface area (Å²) in [6.45, 7) is 2.34. The first-order valence-corrected chi connectivity index (χ1v) is 13.2. The van der Waals surface area contributed by atoms with Crippen LogP contribution >= 0.6 is 0 Å². The number of hydrogen-bond donors (Lipinski definition) is 2. The van der Waals surface area contributed by atoms with E-state index in [1.165, 1.54) is 16.4 Å². The standard InChI is InChI=1S/C24H31N5O4S/c25-23(30)19-8-6-12-28(17-19)22-11-10-20(16-26-22)27-24(31)18-7-5-9-21(15-18)34(32,33)29-13-3-1-2-4-14-29/h5,7,9-11,15-16,19H,1-4,6,8,12-14,17H2,(H2,25,30)(H,27,31). The molecular formula is C24H31N5O4S. The van der Waals surface area contributed by atoms with Crippen molar-refractivity contribution >= 4 is 33.3 Å². The maximum absolute atomic E-state index is 13.1. The van der Waals surface area contributed by atoms with Crippen LogP contribution in [-0.4, -0.2) is 55.7 Å². The molecule has 1 aromatic heterocycles. The monoisotopic (exact) mass is 485 g/mol. The number of carbonyl (C=O) groups is 2. The number of aromatic nitrogens is 1. The molecular weight excluding hydrogens is 454 g/mol. The predicted octanol–water partition coefficient (Wildman–Crippen LogP) is 2.60. The fraction of sp³-hybridized carbons (Fsp3) is 0.458. The maximum atomic E-state index is 13.1. The van der Waals surface area contributed by atoms with Crippen LogP contribution in [0.25, 0.3) is 0 Å². The summed E-state index contributed by atoms with van der Waals surface area (Å²) in [4.78, 5) is 30.9. The third kappa shape index (κ3) is 5.56. The average molecular weight is 486 g/mol. The van der Waals surface area contributed by atoms with Gasteiger partial charge in [0.2, 0.25) is 15.9 Å². The smallest absolute Gasteiger partial charge is 0.255 e. The Morgan fingerprint density at radius 1 is 1.00 bits per heavy atom. The van der Waals surface area contributed by atoms with Gasteiger partial charge in [-0.15, -0.1) is 0 Å². The van der Waals surface area contributed by atoms with Crippen LogP contribution in [0, 0.1) is 5.92 Å². The largest absolute Gasteiger partial charge is 0.369 e. The van der Waals surface area contributed by atoms with Crippen molar-refractivity contribution in [1.82, 2.24) is 9.29 Å². The van der Waals surface area contributed by atoms with Crippen molar-refractivity contribution in [3.8, 4) is 0 Å². The van der Waals surface area contributed by atoms with Gasteiger partial charge in [-0.3, -0.25) is 9.59 Å². The van der Waals surface area contributed by atoms with Crippen molar-refractivity contribution in [3.05, 3.63) is 48.2 Å². The van der Waals surface area contributed by atoms with Gasteiger partial charge in [0.15, 0.2) is 0 Å². The Labute approximate surface area is 200 Å². The zero-order valence-corrected chi connectivity index (χ0v) is 20.0. The third-order valence-corrected chi connectivity index (χ3v) is 8.35. The molecule has 2 fully saturated rings. The second-order valence-corrected chi connectivity index (χ2v) is 10.8. The lowest BCUT2D eigenvalue weighted by molar-refractivity contribution is -0.122. The van der Waals surface area contributed by atoms with E-state index in [-0.39, 0.29) is 22.3 Å². The molecule has 34 heavy (non-hydrogen) atoms. The molecule has 2 aromatic rings. The number of benzene rings is 1. The number of primary amides is 1. The number of pyridine rings is 1. The minimum Gasteiger partial charge on any atom is -0.369 e. The number of nitrogens with two attached hydrogens (primary N) is 1. The molecule has 2 amide bonds. The van der Waals surface area contributed by atoms with Crippen LogP contribution in [0.3, 0.4) is 0 Å². The van der Waals surface area contributed by atoms with E-state index < -0.39 is 15.9 Å². The molecule has 2 aliphatic heterocycles. The van der Waals surface area contributed by atoms with E-state index in [0.29, 0.717) is 25.3 Å². The van der Waals surface area contributed by atoms with Gasteiger partial charge in [0.05, 0.1) is 22.7 Å². The molecule has 2 saturated heterocycles. The third-order valence-electron chi connectivity index (χ3n) is 6.45. The average Bonchev–Trinajstić information content (AvgIpc) is 3.15. The highest BCUT2D eigenvalue weighted by Crippen LogP contribution is 2.24. The van der Waals surface area contributed by atoms with Gasteiger partial charge in [-0.05, 0) is 56.0 Å². The summed E-state index contributed by atoms with van der Waals surface area (Å²) in [6, 6.07) is 9.67. The Bertz CT molecular complexity index is 1130. The molecule has 0 bridgehead atoms. The van der Waals surface area contributed by atoms with Crippen molar-refractivity contribution in [2.45, 2.75) is 43.4 Å². The van der Waals surface area contributed by atoms with Gasteiger partial charge in [-0.2, -0.15) is 4.31 Å². The molecule has 10 heteroatoms. The number of piperidine rings is 1. The first kappa shape index (κ1) is 24.2. The van der Waals surface area contributed by atoms with Crippen LogP contribution in [0.2, 0.25) is 0 Å². The predicted molar refractivity (Wildman–Crippen MR) is 130 cm³/mol. The molecule has 182 valence electrons. The van der Waals surface area contributed by atoms with Crippen LogP contribution in [-0.2, 0) is 14.8 Å². The first-order chi connectivity index (χ1) is 16.3. The van der Waals surface area contributed by atoms with Gasteiger partial charge < -0.3 is 16.0 Å². The van der Waals surface area contributed by atoms with Crippen molar-refractivity contribution in [3.63, 3.8) is 0 Å². The minimum atomic E-state index is -3.64. The van der Waals surface area contributed by atoms with E-state index in [0.717, 1.165) is 50.9 Å². The summed E-state index contributed by atoms with van der Waals surface area (Å²) in [6.07, 6.45) is 6.97. The number of sulfonamides is 1. The van der Waals surface area contributed by atoms with Gasteiger partial charge in [0.25, 0.3) is 5.91 Å². The highest BCUT2D eigenvalue weighted by molar-refractivity contribution is 7.89. The van der Waals surface area contributed by atoms with Crippen LogP contribution in [0.4, 0.5) is 11.5 Å². The number of hydrogen-bond acceptors (Lipinski definition) is 6. The van der Waals surface area contributed by atoms with E-state index in [9.17, 15) is 18.0 Å². The summed E-state index contributed by atoms with van der Waals surface area (Å²) >= 11 is 0. The van der Waals surface area contributed by atoms with Gasteiger partial charge in [0.1, 0.15) is 5.82 Å². The molecule has 1 atom stereocenters. The van der Waals surface area contributed by atoms with Crippen molar-refractivity contribution in [2.24, 2.45) is 11.7 Å². The molecule has 4 rings (SSSR count). The lowest BCUT2D eigenvalue weighted by atomic mass is 9.97. The Hall–Kier alpha value is -2.98. The number of amides is 2. The molecule has 2 aliphatic rings. The quantitative estimate of drug-likeness (QED) is 0.648. The van der Waals surface area contributed by atoms with E-state index in [1.807, 2.05) is 4.90 Å². The second-order valence-electron chi connectivity index (χ2n) is 8.89. The summed E-state index contributed by atoms with van der Waals surface area (Å²) in [5.41, 5.74) is 6.22. The van der Waals surface area contributed by atoms with Crippen LogP contribution in [0.1, 0.15) is 48.9 Å². The Morgan fingerprint density at radius 3 is 2.44 bits per heavy atom. The van der Waals surface area contributed by atoms with Gasteiger partial charge in [-0.25, -0.2) is 13.4 Å². The summed E-state index contributed by atoms with van der Waals surface area (Å²) in [5, 5.41) is 2.78. The topological polar surface area (TPSA) is 126 Å². The SMILES string of the molecule is NC(=O)C1CCCN(c2ccc(NC(=O)c3cccc(S(=O)(=O)N4CCCCCC4)c3)cn2)C1. The molecule has 0 saturated carbocycles. The van der Waals surface area contributed by atoms with E-state index in [2.05, 4.69) is 10.3 Å². The summed E-state index contributed by atoms with van der Waals surface area (Å²) < 4.78 is 27.7. The van der Waals surface area contributed by atoms with Crippen molar-refractivity contribution in [1.29, 1.82) is 0 Å². The van der Waals surface area contributed by atoms with Crippen molar-refractivity contribution < 1.29 is 18.0 Å². The first-order valence-electron chi connectivity index (χ1n) is 11.8. The molecule has 0 aliphatic carbocycles. The van der Waals surface area contributed by atoms with Crippen LogP contribution in [0.5, 0.6) is 0 Å². The van der Waals surface area contributed by atoms with Gasteiger partial charge >= 0.3 is 0 Å². The summed E-state index contributed by atoms with van der Waals surface area (Å²) in [7, 11) is -3.64. The van der Waals surface area contributed by atoms with E-state index in [1.54, 1.807) is 30.5 Å². The fourth-order valence-electron chi connectivity index (χ4n) is 4.50. The Balaban J connectivity index is 1.43. The number of carbonyl (C=O) groups excluding carboxylic acids is 2. The molecule has 9 nitrogen and oxygen atoms in total. The number of anilines is 2. The fourth-order valence-corrected chi connectivity index (χ4v) is 6.06. The van der Waals surface area contributed by atoms with E-state index >= 15 is 0 Å². The Morgan fingerprint density at radius 2 is 1.76 bits per heavy atom. The lowest BCUT2D eigenvalue weighted by Gasteiger charge is -2.32. The van der Waals surface area contributed by atoms with Gasteiger partial charge in [-0.1, -0.05) is 18.9 Å². The minimum absolute atomic E-state index is 0.129. The molecule has 0 spiro atoms. The highest BCUT2D eigenvalue weighted by atomic mass is 32.2. The number of nitrogens with zero attached hydrogens (tertiary/aromatic N) is 3. The zero-order chi connectivity index (χ0) is 24.1. The molecule has 0 radical (unpaired) electrons. The second kappa shape index (κ2) is 10.5. The molecule has 3 N–H and O–H groups in total. The highest BCUT2D eigenvalue weighted by Gasteiger charge is 2.26. The van der Waals surface area contributed by atoms with Gasteiger partial charge in [0, 0.05) is 31.7 Å². The summed E-state index contributed by atoms with van der Waals surface area (Å²) in [5.74, 6) is -0.176. The van der Waals surface area contributed by atoms with E-state index in [4.69, 9.17) is 5.73 Å². The molecule has 3 heterocycles. The van der Waals surface area contributed by atoms with Crippen LogP contribution < -0.4 is 16.0 Å². The normalized spacial score (nSPS) is 19.9.